The van der Waals surface area contributed by atoms with Gasteiger partial charge in [0, 0.05) is 12.2 Å². The molecule has 0 radical (unpaired) electrons. The molecule has 0 saturated carbocycles. The van der Waals surface area contributed by atoms with Crippen molar-refractivity contribution in [2.45, 2.75) is 23.5 Å². The summed E-state index contributed by atoms with van der Waals surface area (Å²) in [4.78, 5) is 24.3. The van der Waals surface area contributed by atoms with Crippen molar-refractivity contribution in [2.75, 3.05) is 11.9 Å². The number of carbonyl (C=O) groups excluding carboxylic acids is 1. The van der Waals surface area contributed by atoms with E-state index >= 15 is 0 Å². The van der Waals surface area contributed by atoms with Gasteiger partial charge in [0.1, 0.15) is 5.92 Å². The molecule has 31 heavy (non-hydrogen) atoms. The van der Waals surface area contributed by atoms with Crippen molar-refractivity contribution < 1.29 is 27.9 Å². The van der Waals surface area contributed by atoms with Crippen molar-refractivity contribution in [3.05, 3.63) is 72.3 Å². The van der Waals surface area contributed by atoms with Gasteiger partial charge in [-0.2, -0.15) is 0 Å². The third-order valence-electron chi connectivity index (χ3n) is 5.47. The lowest BCUT2D eigenvalue weighted by Gasteiger charge is -2.21. The highest BCUT2D eigenvalue weighted by atomic mass is 32.2. The molecule has 162 valence electrons. The van der Waals surface area contributed by atoms with Crippen LogP contribution in [0.15, 0.2) is 71.6 Å². The van der Waals surface area contributed by atoms with Crippen LogP contribution in [0.2, 0.25) is 0 Å². The normalized spacial score (nSPS) is 24.3. The SMILES string of the molecule is O=C(O)[C@@H]1[C@H](C(=O)Nc2ccc(S(=O)(=O)NCCc3ccccc3)cc2)[C@H]2C=C[C@H]1O2. The van der Waals surface area contributed by atoms with Gasteiger partial charge in [-0.05, 0) is 36.2 Å². The summed E-state index contributed by atoms with van der Waals surface area (Å²) in [5, 5.41) is 12.1. The molecule has 4 rings (SSSR count). The van der Waals surface area contributed by atoms with Crippen molar-refractivity contribution in [2.24, 2.45) is 11.8 Å². The van der Waals surface area contributed by atoms with Crippen LogP contribution < -0.4 is 10.0 Å². The van der Waals surface area contributed by atoms with E-state index < -0.39 is 45.9 Å². The lowest BCUT2D eigenvalue weighted by Crippen LogP contribution is -2.39. The summed E-state index contributed by atoms with van der Waals surface area (Å²) in [7, 11) is -3.69. The van der Waals surface area contributed by atoms with Gasteiger partial charge < -0.3 is 15.2 Å². The first kappa shape index (κ1) is 21.2. The van der Waals surface area contributed by atoms with Gasteiger partial charge in [0.2, 0.25) is 15.9 Å². The Labute approximate surface area is 180 Å². The zero-order chi connectivity index (χ0) is 22.0. The highest BCUT2D eigenvalue weighted by Gasteiger charge is 2.53. The van der Waals surface area contributed by atoms with E-state index in [-0.39, 0.29) is 11.4 Å². The Kier molecular flexibility index (Phi) is 5.90. The van der Waals surface area contributed by atoms with E-state index in [0.29, 0.717) is 12.1 Å². The number of fused-ring (bicyclic) bond motifs is 2. The van der Waals surface area contributed by atoms with E-state index in [9.17, 15) is 23.1 Å². The average Bonchev–Trinajstić information content (AvgIpc) is 3.36. The quantitative estimate of drug-likeness (QED) is 0.536. The van der Waals surface area contributed by atoms with Gasteiger partial charge in [0.05, 0.1) is 23.0 Å². The van der Waals surface area contributed by atoms with Crippen molar-refractivity contribution in [1.29, 1.82) is 0 Å². The fourth-order valence-electron chi connectivity index (χ4n) is 3.92. The number of benzene rings is 2. The number of nitrogens with one attached hydrogen (secondary N) is 2. The molecule has 0 unspecified atom stereocenters. The number of carboxylic acids is 1. The molecule has 4 atom stereocenters. The first-order valence-corrected chi connectivity index (χ1v) is 11.3. The molecule has 3 N–H and O–H groups in total. The topological polar surface area (TPSA) is 122 Å². The fraction of sp³-hybridized carbons (Fsp3) is 0.273. The van der Waals surface area contributed by atoms with Crippen LogP contribution in [-0.4, -0.2) is 44.2 Å². The molecule has 9 heteroatoms. The number of hydrogen-bond acceptors (Lipinski definition) is 5. The number of ether oxygens (including phenoxy) is 1. The van der Waals surface area contributed by atoms with Crippen LogP contribution in [0.3, 0.4) is 0 Å². The minimum Gasteiger partial charge on any atom is -0.481 e. The fourth-order valence-corrected chi connectivity index (χ4v) is 4.95. The molecular formula is C22H22N2O6S. The van der Waals surface area contributed by atoms with Gasteiger partial charge in [-0.1, -0.05) is 42.5 Å². The van der Waals surface area contributed by atoms with Crippen molar-refractivity contribution in [3.8, 4) is 0 Å². The van der Waals surface area contributed by atoms with E-state index in [1.54, 1.807) is 12.2 Å². The molecule has 0 aromatic heterocycles. The Balaban J connectivity index is 1.37. The highest BCUT2D eigenvalue weighted by molar-refractivity contribution is 7.89. The van der Waals surface area contributed by atoms with Crippen molar-refractivity contribution in [1.82, 2.24) is 4.72 Å². The van der Waals surface area contributed by atoms with E-state index in [1.807, 2.05) is 30.3 Å². The number of aliphatic carboxylic acids is 1. The number of amides is 1. The van der Waals surface area contributed by atoms with Gasteiger partial charge in [-0.15, -0.1) is 0 Å². The van der Waals surface area contributed by atoms with Gasteiger partial charge >= 0.3 is 5.97 Å². The van der Waals surface area contributed by atoms with Crippen LogP contribution in [-0.2, 0) is 30.8 Å². The van der Waals surface area contributed by atoms with Crippen LogP contribution in [0.25, 0.3) is 0 Å². The molecular weight excluding hydrogens is 420 g/mol. The van der Waals surface area contributed by atoms with Gasteiger partial charge in [-0.3, -0.25) is 9.59 Å². The Bertz CT molecular complexity index is 1100. The first-order chi connectivity index (χ1) is 14.8. The van der Waals surface area contributed by atoms with Crippen LogP contribution in [0, 0.1) is 11.8 Å². The summed E-state index contributed by atoms with van der Waals surface area (Å²) < 4.78 is 33.0. The molecule has 2 aromatic carbocycles. The lowest BCUT2D eigenvalue weighted by molar-refractivity contribution is -0.145. The average molecular weight is 442 g/mol. The van der Waals surface area contributed by atoms with Crippen LogP contribution >= 0.6 is 0 Å². The maximum atomic E-state index is 12.7. The van der Waals surface area contributed by atoms with Crippen molar-refractivity contribution in [3.63, 3.8) is 0 Å². The lowest BCUT2D eigenvalue weighted by atomic mass is 9.82. The first-order valence-electron chi connectivity index (χ1n) is 9.86. The standard InChI is InChI=1S/C22H22N2O6S/c25-21(19-17-10-11-18(30-17)20(19)22(26)27)24-15-6-8-16(9-7-15)31(28,29)23-13-12-14-4-2-1-3-5-14/h1-11,17-20,23H,12-13H2,(H,24,25)(H,26,27)/t17-,18-,19-,20+/m1/s1. The monoisotopic (exact) mass is 442 g/mol. The molecule has 8 nitrogen and oxygen atoms in total. The second kappa shape index (κ2) is 8.62. The van der Waals surface area contributed by atoms with E-state index in [4.69, 9.17) is 4.74 Å². The minimum absolute atomic E-state index is 0.0770. The molecule has 0 spiro atoms. The Hall–Kier alpha value is -3.01. The van der Waals surface area contributed by atoms with Crippen LogP contribution in [0.4, 0.5) is 5.69 Å². The number of sulfonamides is 1. The number of anilines is 1. The molecule has 2 heterocycles. The number of hydrogen-bond donors (Lipinski definition) is 3. The molecule has 0 aliphatic carbocycles. The minimum atomic E-state index is -3.69. The molecule has 2 aromatic rings. The van der Waals surface area contributed by atoms with Gasteiger partial charge in [-0.25, -0.2) is 13.1 Å². The highest BCUT2D eigenvalue weighted by Crippen LogP contribution is 2.39. The maximum Gasteiger partial charge on any atom is 0.310 e. The Morgan fingerprint density at radius 2 is 1.58 bits per heavy atom. The molecule has 2 aliphatic rings. The van der Waals surface area contributed by atoms with E-state index in [0.717, 1.165) is 5.56 Å². The molecule has 2 aliphatic heterocycles. The maximum absolute atomic E-state index is 12.7. The Morgan fingerprint density at radius 1 is 0.935 bits per heavy atom. The summed E-state index contributed by atoms with van der Waals surface area (Å²) in [5.41, 5.74) is 1.41. The summed E-state index contributed by atoms with van der Waals surface area (Å²) in [6.45, 7) is 0.263. The number of carbonyl (C=O) groups is 2. The smallest absolute Gasteiger partial charge is 0.310 e. The van der Waals surface area contributed by atoms with Gasteiger partial charge in [0.25, 0.3) is 0 Å². The van der Waals surface area contributed by atoms with Crippen LogP contribution in [0.1, 0.15) is 5.56 Å². The summed E-state index contributed by atoms with van der Waals surface area (Å²) >= 11 is 0. The molecule has 1 saturated heterocycles. The molecule has 2 bridgehead atoms. The predicted octanol–water partition coefficient (Wildman–Crippen LogP) is 1.80. The summed E-state index contributed by atoms with van der Waals surface area (Å²) in [6, 6.07) is 15.3. The van der Waals surface area contributed by atoms with Crippen LogP contribution in [0.5, 0.6) is 0 Å². The molecule has 1 fully saturated rings. The van der Waals surface area contributed by atoms with E-state index in [2.05, 4.69) is 10.0 Å². The zero-order valence-corrected chi connectivity index (χ0v) is 17.3. The number of rotatable bonds is 8. The molecule has 1 amide bonds. The van der Waals surface area contributed by atoms with Gasteiger partial charge in [0.15, 0.2) is 0 Å². The third-order valence-corrected chi connectivity index (χ3v) is 6.95. The second-order valence-electron chi connectivity index (χ2n) is 7.49. The second-order valence-corrected chi connectivity index (χ2v) is 9.25. The number of carboxylic acid groups (broad SMARTS) is 1. The summed E-state index contributed by atoms with van der Waals surface area (Å²) in [5.74, 6) is -3.33. The third kappa shape index (κ3) is 4.53. The summed E-state index contributed by atoms with van der Waals surface area (Å²) in [6.07, 6.45) is 2.76. The largest absolute Gasteiger partial charge is 0.481 e. The zero-order valence-electron chi connectivity index (χ0n) is 16.5. The van der Waals surface area contributed by atoms with E-state index in [1.165, 1.54) is 24.3 Å². The Morgan fingerprint density at radius 3 is 2.23 bits per heavy atom. The predicted molar refractivity (Wildman–Crippen MR) is 113 cm³/mol. The van der Waals surface area contributed by atoms with Crippen molar-refractivity contribution >= 4 is 27.6 Å².